The molecule has 0 aromatic heterocycles. The van der Waals surface area contributed by atoms with E-state index in [0.29, 0.717) is 12.1 Å². The lowest BCUT2D eigenvalue weighted by Crippen LogP contribution is -2.42. The molecule has 0 aliphatic carbocycles. The molecule has 2 nitrogen and oxygen atoms in total. The first-order valence-corrected chi connectivity index (χ1v) is 8.46. The molecular weight excluding hydrogens is 424 g/mol. The summed E-state index contributed by atoms with van der Waals surface area (Å²) in [5.41, 5.74) is 1.15. The number of piperidine rings is 1. The first kappa shape index (κ1) is 14.8. The molecule has 2 unspecified atom stereocenters. The van der Waals surface area contributed by atoms with Crippen molar-refractivity contribution >= 4 is 53.5 Å². The molecule has 5 heteroatoms. The van der Waals surface area contributed by atoms with Gasteiger partial charge in [-0.2, -0.15) is 0 Å². The molecule has 0 bridgehead atoms. The lowest BCUT2D eigenvalue weighted by Gasteiger charge is -2.36. The molecule has 1 aliphatic heterocycles. The summed E-state index contributed by atoms with van der Waals surface area (Å²) in [6.07, 6.45) is 2.38. The minimum absolute atomic E-state index is 0.546. The van der Waals surface area contributed by atoms with Gasteiger partial charge in [-0.1, -0.05) is 15.9 Å². The number of nitrogens with zero attached hydrogens (tertiary/aromatic N) is 1. The van der Waals surface area contributed by atoms with Crippen LogP contribution in [0.25, 0.3) is 0 Å². The molecule has 0 amide bonds. The Balaban J connectivity index is 2.10. The van der Waals surface area contributed by atoms with Crippen molar-refractivity contribution in [3.63, 3.8) is 0 Å². The van der Waals surface area contributed by atoms with Crippen molar-refractivity contribution in [2.45, 2.75) is 31.8 Å². The molecule has 1 heterocycles. The maximum atomic E-state index is 3.65. The van der Waals surface area contributed by atoms with Gasteiger partial charge in [-0.25, -0.2) is 0 Å². The van der Waals surface area contributed by atoms with Crippen molar-refractivity contribution in [2.24, 2.45) is 0 Å². The Kier molecular flexibility index (Phi) is 5.14. The van der Waals surface area contributed by atoms with Crippen LogP contribution in [-0.2, 0) is 0 Å². The number of halogens is 3. The van der Waals surface area contributed by atoms with E-state index in [0.717, 1.165) is 25.7 Å². The van der Waals surface area contributed by atoms with Gasteiger partial charge in [0, 0.05) is 32.0 Å². The third kappa shape index (κ3) is 3.50. The number of hydrogen-bond donors (Lipinski definition) is 1. The molecule has 2 atom stereocenters. The van der Waals surface area contributed by atoms with Gasteiger partial charge in [0.1, 0.15) is 0 Å². The van der Waals surface area contributed by atoms with Gasteiger partial charge in [-0.3, -0.25) is 0 Å². The van der Waals surface area contributed by atoms with Gasteiger partial charge in [-0.15, -0.1) is 0 Å². The third-order valence-corrected chi connectivity index (χ3v) is 5.27. The van der Waals surface area contributed by atoms with Gasteiger partial charge >= 0.3 is 0 Å². The summed E-state index contributed by atoms with van der Waals surface area (Å²) in [7, 11) is 2.20. The standard InChI is InChI=1S/C13H17Br3N2/c1-8-5-10(3-4-18(8)2)17-13-11(15)6-9(14)7-12(13)16/h6-8,10,17H,3-5H2,1-2H3. The number of hydrogen-bond acceptors (Lipinski definition) is 2. The first-order valence-electron chi connectivity index (χ1n) is 6.08. The van der Waals surface area contributed by atoms with E-state index in [4.69, 9.17) is 0 Å². The van der Waals surface area contributed by atoms with Crippen molar-refractivity contribution < 1.29 is 0 Å². The fourth-order valence-corrected chi connectivity index (χ4v) is 4.79. The van der Waals surface area contributed by atoms with E-state index in [-0.39, 0.29) is 0 Å². The zero-order valence-corrected chi connectivity index (χ0v) is 15.3. The van der Waals surface area contributed by atoms with Crippen molar-refractivity contribution in [1.29, 1.82) is 0 Å². The van der Waals surface area contributed by atoms with E-state index >= 15 is 0 Å². The summed E-state index contributed by atoms with van der Waals surface area (Å²) in [6.45, 7) is 3.45. The minimum atomic E-state index is 0.546. The molecule has 1 saturated heterocycles. The SMILES string of the molecule is CC1CC(Nc2c(Br)cc(Br)cc2Br)CCN1C. The molecule has 2 rings (SSSR count). The van der Waals surface area contributed by atoms with Gasteiger partial charge in [-0.05, 0) is 70.8 Å². The van der Waals surface area contributed by atoms with Crippen LogP contribution < -0.4 is 5.32 Å². The summed E-state index contributed by atoms with van der Waals surface area (Å²) >= 11 is 10.7. The second kappa shape index (κ2) is 6.25. The Morgan fingerprint density at radius 1 is 1.22 bits per heavy atom. The van der Waals surface area contributed by atoms with Crippen LogP contribution in [0.15, 0.2) is 25.6 Å². The molecule has 1 N–H and O–H groups in total. The highest BCUT2D eigenvalue weighted by molar-refractivity contribution is 9.11. The molecule has 100 valence electrons. The molecule has 18 heavy (non-hydrogen) atoms. The van der Waals surface area contributed by atoms with E-state index in [1.807, 2.05) is 0 Å². The molecule has 1 aromatic rings. The molecule has 0 radical (unpaired) electrons. The topological polar surface area (TPSA) is 15.3 Å². The smallest absolute Gasteiger partial charge is 0.0631 e. The summed E-state index contributed by atoms with van der Waals surface area (Å²) in [5.74, 6) is 0. The fourth-order valence-electron chi connectivity index (χ4n) is 2.30. The molecular formula is C13H17Br3N2. The van der Waals surface area contributed by atoms with Crippen molar-refractivity contribution in [2.75, 3.05) is 18.9 Å². The molecule has 0 spiro atoms. The Bertz CT molecular complexity index is 413. The third-order valence-electron chi connectivity index (χ3n) is 3.56. The Morgan fingerprint density at radius 3 is 2.39 bits per heavy atom. The maximum Gasteiger partial charge on any atom is 0.0631 e. The Morgan fingerprint density at radius 2 is 1.83 bits per heavy atom. The largest absolute Gasteiger partial charge is 0.380 e. The van der Waals surface area contributed by atoms with Gasteiger partial charge in [0.15, 0.2) is 0 Å². The molecule has 1 aromatic carbocycles. The van der Waals surface area contributed by atoms with Gasteiger partial charge in [0.05, 0.1) is 5.69 Å². The summed E-state index contributed by atoms with van der Waals surface area (Å²) in [4.78, 5) is 2.42. The van der Waals surface area contributed by atoms with Crippen LogP contribution in [-0.4, -0.2) is 30.6 Å². The van der Waals surface area contributed by atoms with Crippen LogP contribution >= 0.6 is 47.8 Å². The van der Waals surface area contributed by atoms with E-state index < -0.39 is 0 Å². The minimum Gasteiger partial charge on any atom is -0.380 e. The van der Waals surface area contributed by atoms with Crippen molar-refractivity contribution in [3.8, 4) is 0 Å². The molecule has 0 saturated carbocycles. The van der Waals surface area contributed by atoms with Gasteiger partial charge in [0.25, 0.3) is 0 Å². The average molecular weight is 441 g/mol. The molecule has 1 fully saturated rings. The van der Waals surface area contributed by atoms with Crippen LogP contribution in [0.3, 0.4) is 0 Å². The lowest BCUT2D eigenvalue weighted by molar-refractivity contribution is 0.190. The average Bonchev–Trinajstić information content (AvgIpc) is 2.28. The normalized spacial score (nSPS) is 25.2. The highest BCUT2D eigenvalue weighted by atomic mass is 79.9. The quantitative estimate of drug-likeness (QED) is 0.705. The van der Waals surface area contributed by atoms with E-state index in [2.05, 4.69) is 84.1 Å². The number of rotatable bonds is 2. The summed E-state index contributed by atoms with van der Waals surface area (Å²) in [6, 6.07) is 5.34. The van der Waals surface area contributed by atoms with Crippen molar-refractivity contribution in [1.82, 2.24) is 4.90 Å². The second-order valence-corrected chi connectivity index (χ2v) is 7.56. The van der Waals surface area contributed by atoms with Crippen LogP contribution in [0.1, 0.15) is 19.8 Å². The predicted molar refractivity (Wildman–Crippen MR) is 88.3 cm³/mol. The van der Waals surface area contributed by atoms with Crippen LogP contribution in [0.5, 0.6) is 0 Å². The summed E-state index contributed by atoms with van der Waals surface area (Å²) < 4.78 is 3.26. The van der Waals surface area contributed by atoms with Crippen LogP contribution in [0.4, 0.5) is 5.69 Å². The van der Waals surface area contributed by atoms with E-state index in [9.17, 15) is 0 Å². The highest BCUT2D eigenvalue weighted by Gasteiger charge is 2.23. The number of nitrogens with one attached hydrogen (secondary N) is 1. The van der Waals surface area contributed by atoms with E-state index in [1.165, 1.54) is 12.8 Å². The zero-order valence-electron chi connectivity index (χ0n) is 10.5. The lowest BCUT2D eigenvalue weighted by atomic mass is 9.99. The van der Waals surface area contributed by atoms with E-state index in [1.54, 1.807) is 0 Å². The predicted octanol–water partition coefficient (Wildman–Crippen LogP) is 4.87. The number of benzene rings is 1. The number of anilines is 1. The zero-order chi connectivity index (χ0) is 13.3. The van der Waals surface area contributed by atoms with Gasteiger partial charge < -0.3 is 10.2 Å². The monoisotopic (exact) mass is 438 g/mol. The fraction of sp³-hybridized carbons (Fsp3) is 0.538. The highest BCUT2D eigenvalue weighted by Crippen LogP contribution is 2.35. The summed E-state index contributed by atoms with van der Waals surface area (Å²) in [5, 5.41) is 3.65. The Labute approximate surface area is 134 Å². The van der Waals surface area contributed by atoms with Crippen LogP contribution in [0.2, 0.25) is 0 Å². The van der Waals surface area contributed by atoms with Crippen LogP contribution in [0, 0.1) is 0 Å². The van der Waals surface area contributed by atoms with Crippen molar-refractivity contribution in [3.05, 3.63) is 25.6 Å². The number of likely N-dealkylation sites (tertiary alicyclic amines) is 1. The Hall–Kier alpha value is 0.420. The first-order chi connectivity index (χ1) is 8.47. The molecule has 1 aliphatic rings. The van der Waals surface area contributed by atoms with Gasteiger partial charge in [0.2, 0.25) is 0 Å². The maximum absolute atomic E-state index is 3.65. The second-order valence-electron chi connectivity index (χ2n) is 4.94.